The molecule has 0 aliphatic heterocycles. The number of phosphoric acid groups is 2. The molecule has 0 saturated carbocycles. The molecule has 0 spiro atoms. The van der Waals surface area contributed by atoms with Gasteiger partial charge in [-0.15, -0.1) is 0 Å². The van der Waals surface area contributed by atoms with Crippen LogP contribution in [0.2, 0.25) is 0 Å². The highest BCUT2D eigenvalue weighted by molar-refractivity contribution is 7.47. The summed E-state index contributed by atoms with van der Waals surface area (Å²) >= 11 is 0. The van der Waals surface area contributed by atoms with Crippen LogP contribution in [0.5, 0.6) is 0 Å². The molecule has 0 saturated heterocycles. The van der Waals surface area contributed by atoms with E-state index in [-0.39, 0.29) is 25.7 Å². The van der Waals surface area contributed by atoms with Crippen molar-refractivity contribution in [2.24, 2.45) is 11.8 Å². The summed E-state index contributed by atoms with van der Waals surface area (Å²) in [6.07, 6.45) is 68.1. The van der Waals surface area contributed by atoms with E-state index in [0.29, 0.717) is 31.6 Å². The quantitative estimate of drug-likeness (QED) is 0.0222. The maximum Gasteiger partial charge on any atom is 0.472 e. The van der Waals surface area contributed by atoms with Crippen molar-refractivity contribution in [1.29, 1.82) is 0 Å². The first-order valence-electron chi connectivity index (χ1n) is 44.0. The zero-order valence-electron chi connectivity index (χ0n) is 68.3. The van der Waals surface area contributed by atoms with Crippen molar-refractivity contribution in [2.45, 2.75) is 471 Å². The van der Waals surface area contributed by atoms with Gasteiger partial charge in [0.2, 0.25) is 0 Å². The first kappa shape index (κ1) is 102. The van der Waals surface area contributed by atoms with E-state index in [2.05, 4.69) is 41.5 Å². The van der Waals surface area contributed by atoms with Crippen LogP contribution in [0.25, 0.3) is 0 Å². The number of phosphoric ester groups is 2. The Labute approximate surface area is 638 Å². The Morgan fingerprint density at radius 1 is 0.260 bits per heavy atom. The van der Waals surface area contributed by atoms with E-state index >= 15 is 0 Å². The third-order valence-electron chi connectivity index (χ3n) is 20.0. The molecule has 3 N–H and O–H groups in total. The van der Waals surface area contributed by atoms with Gasteiger partial charge in [-0.3, -0.25) is 37.3 Å². The molecule has 0 aromatic rings. The van der Waals surface area contributed by atoms with Crippen LogP contribution in [0.4, 0.5) is 0 Å². The van der Waals surface area contributed by atoms with Crippen molar-refractivity contribution in [1.82, 2.24) is 0 Å². The Kier molecular flexibility index (Phi) is 75.0. The van der Waals surface area contributed by atoms with Crippen LogP contribution in [0.1, 0.15) is 452 Å². The average Bonchev–Trinajstić information content (AvgIpc) is 0.909. The lowest BCUT2D eigenvalue weighted by atomic mass is 10.0. The molecule has 0 amide bonds. The number of carbonyl (C=O) groups is 4. The van der Waals surface area contributed by atoms with E-state index in [9.17, 15) is 43.2 Å². The monoisotopic (exact) mass is 1520 g/mol. The van der Waals surface area contributed by atoms with Crippen LogP contribution in [0.3, 0.4) is 0 Å². The molecule has 2 unspecified atom stereocenters. The van der Waals surface area contributed by atoms with E-state index in [4.69, 9.17) is 37.0 Å². The number of aliphatic hydroxyl groups is 1. The lowest BCUT2D eigenvalue weighted by molar-refractivity contribution is -0.161. The molecule has 0 aromatic heterocycles. The van der Waals surface area contributed by atoms with Crippen LogP contribution < -0.4 is 0 Å². The van der Waals surface area contributed by atoms with Gasteiger partial charge >= 0.3 is 39.5 Å². The van der Waals surface area contributed by atoms with E-state index < -0.39 is 97.5 Å². The molecule has 0 rings (SSSR count). The van der Waals surface area contributed by atoms with Gasteiger partial charge < -0.3 is 33.8 Å². The van der Waals surface area contributed by atoms with E-state index in [0.717, 1.165) is 102 Å². The summed E-state index contributed by atoms with van der Waals surface area (Å²) in [5, 5.41) is 10.7. The zero-order valence-corrected chi connectivity index (χ0v) is 70.1. The van der Waals surface area contributed by atoms with Crippen LogP contribution >= 0.6 is 15.6 Å². The van der Waals surface area contributed by atoms with Gasteiger partial charge in [-0.05, 0) is 37.5 Å². The second-order valence-corrected chi connectivity index (χ2v) is 34.4. The number of aliphatic hydroxyl groups excluding tert-OH is 1. The van der Waals surface area contributed by atoms with E-state index in [1.54, 1.807) is 0 Å². The molecule has 0 aliphatic rings. The smallest absolute Gasteiger partial charge is 0.462 e. The molecule has 0 aliphatic carbocycles. The lowest BCUT2D eigenvalue weighted by Crippen LogP contribution is -2.30. The fourth-order valence-electron chi connectivity index (χ4n) is 13.2. The Hall–Kier alpha value is -1.94. The molecule has 0 heterocycles. The van der Waals surface area contributed by atoms with Crippen molar-refractivity contribution in [2.75, 3.05) is 39.6 Å². The molecule has 0 aromatic carbocycles. The molecule has 618 valence electrons. The number of esters is 4. The molecule has 104 heavy (non-hydrogen) atoms. The Bertz CT molecular complexity index is 1990. The molecule has 0 fully saturated rings. The molecule has 19 heteroatoms. The summed E-state index contributed by atoms with van der Waals surface area (Å²) in [5.41, 5.74) is 0. The van der Waals surface area contributed by atoms with Gasteiger partial charge in [-0.1, -0.05) is 401 Å². The van der Waals surface area contributed by atoms with Crippen molar-refractivity contribution in [3.8, 4) is 0 Å². The largest absolute Gasteiger partial charge is 0.472 e. The molecule has 17 nitrogen and oxygen atoms in total. The number of carbonyl (C=O) groups excluding carboxylic acids is 4. The topological polar surface area (TPSA) is 237 Å². The van der Waals surface area contributed by atoms with Crippen LogP contribution in [-0.4, -0.2) is 96.7 Å². The number of hydrogen-bond acceptors (Lipinski definition) is 15. The fourth-order valence-corrected chi connectivity index (χ4v) is 14.8. The first-order chi connectivity index (χ1) is 50.4. The maximum atomic E-state index is 13.1. The standard InChI is InChI=1S/C85H166O17P2/c1-7-9-11-13-15-17-19-21-23-25-26-28-32-37-41-45-51-58-64-69-84(89)101-80(73-95-82(87)67-61-55-49-43-39-35-33-29-30-34-38-42-47-53-59-65-77(3)4)75-99-103(91,92)97-71-79(86)72-98-104(93,94)100-76-81(74-96-83(88)68-62-56-52-46-48-54-60-66-78(5)6)102-85(90)70-63-57-50-44-40-36-31-27-24-22-20-18-16-14-12-10-8-2/h77-81,86H,7-76H2,1-6H3,(H,91,92)(H,93,94)/t79-,80-,81-/m1/s1. The summed E-state index contributed by atoms with van der Waals surface area (Å²) in [6.45, 7) is 9.64. The molecule has 5 atom stereocenters. The summed E-state index contributed by atoms with van der Waals surface area (Å²) in [4.78, 5) is 73.2. The summed E-state index contributed by atoms with van der Waals surface area (Å²) < 4.78 is 68.9. The van der Waals surface area contributed by atoms with Gasteiger partial charge in [0, 0.05) is 25.7 Å². The van der Waals surface area contributed by atoms with Crippen molar-refractivity contribution >= 4 is 39.5 Å². The number of hydrogen-bond donors (Lipinski definition) is 3. The maximum absolute atomic E-state index is 13.1. The molecule has 0 radical (unpaired) electrons. The van der Waals surface area contributed by atoms with Gasteiger partial charge in [0.1, 0.15) is 19.3 Å². The third kappa shape index (κ3) is 78.2. The van der Waals surface area contributed by atoms with Gasteiger partial charge in [0.25, 0.3) is 0 Å². The molecular formula is C85H166O17P2. The summed E-state index contributed by atoms with van der Waals surface area (Å²) in [5.74, 6) is -0.592. The van der Waals surface area contributed by atoms with Gasteiger partial charge in [0.15, 0.2) is 12.2 Å². The first-order valence-corrected chi connectivity index (χ1v) is 47.0. The number of unbranched alkanes of at least 4 members (excludes halogenated alkanes) is 54. The average molecular weight is 1520 g/mol. The van der Waals surface area contributed by atoms with Crippen molar-refractivity contribution in [3.63, 3.8) is 0 Å². The second-order valence-electron chi connectivity index (χ2n) is 31.5. The minimum atomic E-state index is -4.96. The summed E-state index contributed by atoms with van der Waals surface area (Å²) in [6, 6.07) is 0. The normalized spacial score (nSPS) is 13.8. The SMILES string of the molecule is CCCCCCCCCCCCCCCCCCCCCC(=O)O[C@H](COC(=O)CCCCCCCCCCCCCCCCCC(C)C)COP(=O)(O)OC[C@@H](O)COP(=O)(O)OC[C@@H](COC(=O)CCCCCCCCCC(C)C)OC(=O)CCCCCCCCCCCCCCCCCCC. The summed E-state index contributed by atoms with van der Waals surface area (Å²) in [7, 11) is -9.93. The third-order valence-corrected chi connectivity index (χ3v) is 21.9. The van der Waals surface area contributed by atoms with Crippen LogP contribution in [-0.2, 0) is 65.4 Å². The Morgan fingerprint density at radius 3 is 0.654 bits per heavy atom. The van der Waals surface area contributed by atoms with Crippen LogP contribution in [0.15, 0.2) is 0 Å². The van der Waals surface area contributed by atoms with Gasteiger partial charge in [0.05, 0.1) is 26.4 Å². The highest BCUT2D eigenvalue weighted by Crippen LogP contribution is 2.45. The van der Waals surface area contributed by atoms with Gasteiger partial charge in [-0.25, -0.2) is 9.13 Å². The molecular weight excluding hydrogens is 1350 g/mol. The zero-order chi connectivity index (χ0) is 76.4. The highest BCUT2D eigenvalue weighted by atomic mass is 31.2. The highest BCUT2D eigenvalue weighted by Gasteiger charge is 2.30. The minimum absolute atomic E-state index is 0.108. The number of ether oxygens (including phenoxy) is 4. The predicted molar refractivity (Wildman–Crippen MR) is 428 cm³/mol. The van der Waals surface area contributed by atoms with Crippen LogP contribution in [0, 0.1) is 11.8 Å². The lowest BCUT2D eigenvalue weighted by Gasteiger charge is -2.21. The van der Waals surface area contributed by atoms with Gasteiger partial charge in [-0.2, -0.15) is 0 Å². The number of rotatable bonds is 84. The van der Waals surface area contributed by atoms with E-state index in [1.807, 2.05) is 0 Å². The Balaban J connectivity index is 5.23. The fraction of sp³-hybridized carbons (Fsp3) is 0.953. The predicted octanol–water partition coefficient (Wildman–Crippen LogP) is 25.8. The van der Waals surface area contributed by atoms with Crippen molar-refractivity contribution < 1.29 is 80.2 Å². The second kappa shape index (κ2) is 76.4. The molecule has 0 bridgehead atoms. The van der Waals surface area contributed by atoms with Crippen molar-refractivity contribution in [3.05, 3.63) is 0 Å². The van der Waals surface area contributed by atoms with E-state index in [1.165, 1.54) is 263 Å². The Morgan fingerprint density at radius 2 is 0.442 bits per heavy atom. The minimum Gasteiger partial charge on any atom is -0.462 e.